The van der Waals surface area contributed by atoms with Crippen LogP contribution in [-0.2, 0) is 10.2 Å². The molecule has 8 heteroatoms. The van der Waals surface area contributed by atoms with E-state index in [9.17, 15) is 4.79 Å². The minimum atomic E-state index is -0.128. The second-order valence-electron chi connectivity index (χ2n) is 9.69. The third-order valence-corrected chi connectivity index (χ3v) is 6.76. The summed E-state index contributed by atoms with van der Waals surface area (Å²) in [6, 6.07) is 23.6. The average molecular weight is 531 g/mol. The van der Waals surface area contributed by atoms with Gasteiger partial charge in [-0.3, -0.25) is 9.36 Å². The van der Waals surface area contributed by atoms with Gasteiger partial charge in [0.05, 0.1) is 19.0 Å². The first kappa shape index (κ1) is 27.3. The van der Waals surface area contributed by atoms with Crippen molar-refractivity contribution in [3.8, 4) is 28.6 Å². The fourth-order valence-electron chi connectivity index (χ4n) is 3.89. The predicted octanol–water partition coefficient (Wildman–Crippen LogP) is 6.76. The van der Waals surface area contributed by atoms with E-state index >= 15 is 0 Å². The van der Waals surface area contributed by atoms with Crippen LogP contribution in [0.5, 0.6) is 11.5 Å². The molecule has 0 aliphatic heterocycles. The van der Waals surface area contributed by atoms with E-state index < -0.39 is 0 Å². The predicted molar refractivity (Wildman–Crippen MR) is 154 cm³/mol. The second kappa shape index (κ2) is 12.2. The number of nitrogens with zero attached hydrogens (tertiary/aromatic N) is 3. The summed E-state index contributed by atoms with van der Waals surface area (Å²) < 4.78 is 13.1. The molecule has 0 fully saturated rings. The van der Waals surface area contributed by atoms with Crippen molar-refractivity contribution in [3.63, 3.8) is 0 Å². The fraction of sp³-hybridized carbons (Fsp3) is 0.300. The van der Waals surface area contributed by atoms with Crippen molar-refractivity contribution in [2.24, 2.45) is 0 Å². The van der Waals surface area contributed by atoms with Gasteiger partial charge in [0.1, 0.15) is 11.5 Å². The van der Waals surface area contributed by atoms with Gasteiger partial charge in [-0.2, -0.15) is 0 Å². The number of ether oxygens (including phenoxy) is 2. The maximum absolute atomic E-state index is 12.7. The summed E-state index contributed by atoms with van der Waals surface area (Å²) in [7, 11) is 0. The van der Waals surface area contributed by atoms with Gasteiger partial charge in [-0.1, -0.05) is 56.8 Å². The first-order chi connectivity index (χ1) is 18.3. The topological polar surface area (TPSA) is 78.3 Å². The molecule has 3 aromatic carbocycles. The third kappa shape index (κ3) is 6.75. The maximum Gasteiger partial charge on any atom is 0.234 e. The Morgan fingerprint density at radius 2 is 1.42 bits per heavy atom. The molecule has 0 unspecified atom stereocenters. The highest BCUT2D eigenvalue weighted by atomic mass is 32.2. The van der Waals surface area contributed by atoms with E-state index in [0.717, 1.165) is 22.7 Å². The first-order valence-electron chi connectivity index (χ1n) is 12.7. The van der Waals surface area contributed by atoms with Crippen LogP contribution in [0.15, 0.2) is 78.0 Å². The van der Waals surface area contributed by atoms with Crippen molar-refractivity contribution in [3.05, 3.63) is 78.4 Å². The normalized spacial score (nSPS) is 11.3. The van der Waals surface area contributed by atoms with Gasteiger partial charge < -0.3 is 14.8 Å². The van der Waals surface area contributed by atoms with Crippen molar-refractivity contribution < 1.29 is 14.3 Å². The number of carbonyl (C=O) groups excluding carboxylic acids is 1. The molecule has 4 rings (SSSR count). The van der Waals surface area contributed by atoms with Crippen LogP contribution in [0.25, 0.3) is 17.1 Å². The number of rotatable bonds is 10. The lowest BCUT2D eigenvalue weighted by atomic mass is 9.87. The number of hydrogen-bond acceptors (Lipinski definition) is 6. The zero-order chi connectivity index (χ0) is 27.1. The standard InChI is InChI=1S/C30H34N4O3S/c1-6-36-25-16-12-23(13-17-25)31-27(35)20-38-29-33-32-28(21-8-10-22(11-9-21)30(3,4)5)34(29)24-14-18-26(19-15-24)37-7-2/h8-19H,6-7,20H2,1-5H3,(H,31,35). The molecule has 0 radical (unpaired) electrons. The maximum atomic E-state index is 12.7. The Balaban J connectivity index is 1.57. The van der Waals surface area contributed by atoms with Crippen LogP contribution in [0.3, 0.4) is 0 Å². The molecule has 0 spiro atoms. The molecular weight excluding hydrogens is 496 g/mol. The van der Waals surface area contributed by atoms with Gasteiger partial charge in [0.15, 0.2) is 11.0 Å². The lowest BCUT2D eigenvalue weighted by Gasteiger charge is -2.19. The van der Waals surface area contributed by atoms with E-state index in [1.165, 1.54) is 17.3 Å². The SMILES string of the molecule is CCOc1ccc(NC(=O)CSc2nnc(-c3ccc(C(C)(C)C)cc3)n2-c2ccc(OCC)cc2)cc1. The van der Waals surface area contributed by atoms with Gasteiger partial charge in [-0.05, 0) is 73.4 Å². The summed E-state index contributed by atoms with van der Waals surface area (Å²) in [6.07, 6.45) is 0. The molecule has 0 atom stereocenters. The number of thioether (sulfide) groups is 1. The van der Waals surface area contributed by atoms with E-state index in [-0.39, 0.29) is 17.1 Å². The van der Waals surface area contributed by atoms with Crippen LogP contribution in [0.4, 0.5) is 5.69 Å². The van der Waals surface area contributed by atoms with E-state index in [2.05, 4.69) is 60.6 Å². The zero-order valence-corrected chi connectivity index (χ0v) is 23.3. The molecule has 38 heavy (non-hydrogen) atoms. The number of hydrogen-bond donors (Lipinski definition) is 1. The molecule has 1 aromatic heterocycles. The Kier molecular flexibility index (Phi) is 8.73. The van der Waals surface area contributed by atoms with E-state index in [1.54, 1.807) is 0 Å². The van der Waals surface area contributed by atoms with Crippen molar-refractivity contribution in [1.82, 2.24) is 14.8 Å². The van der Waals surface area contributed by atoms with Crippen LogP contribution < -0.4 is 14.8 Å². The minimum absolute atomic E-state index is 0.0546. The van der Waals surface area contributed by atoms with Gasteiger partial charge in [0, 0.05) is 16.9 Å². The van der Waals surface area contributed by atoms with E-state index in [4.69, 9.17) is 9.47 Å². The largest absolute Gasteiger partial charge is 0.494 e. The molecule has 0 aliphatic rings. The van der Waals surface area contributed by atoms with Gasteiger partial charge in [0.2, 0.25) is 5.91 Å². The number of amides is 1. The van der Waals surface area contributed by atoms with Crippen LogP contribution in [-0.4, -0.2) is 39.6 Å². The van der Waals surface area contributed by atoms with Crippen molar-refractivity contribution in [1.29, 1.82) is 0 Å². The second-order valence-corrected chi connectivity index (χ2v) is 10.6. The number of anilines is 1. The summed E-state index contributed by atoms with van der Waals surface area (Å²) in [5, 5.41) is 12.5. The number of carbonyl (C=O) groups is 1. The lowest BCUT2D eigenvalue weighted by molar-refractivity contribution is -0.113. The van der Waals surface area contributed by atoms with Crippen LogP contribution in [0.1, 0.15) is 40.2 Å². The molecule has 1 heterocycles. The first-order valence-corrected chi connectivity index (χ1v) is 13.7. The zero-order valence-electron chi connectivity index (χ0n) is 22.5. The molecule has 0 bridgehead atoms. The molecule has 0 aliphatic carbocycles. The molecule has 7 nitrogen and oxygen atoms in total. The van der Waals surface area contributed by atoms with Crippen LogP contribution in [0.2, 0.25) is 0 Å². The molecule has 1 N–H and O–H groups in total. The highest BCUT2D eigenvalue weighted by Crippen LogP contribution is 2.31. The lowest BCUT2D eigenvalue weighted by Crippen LogP contribution is -2.14. The summed E-state index contributed by atoms with van der Waals surface area (Å²) in [6.45, 7) is 11.7. The van der Waals surface area contributed by atoms with Crippen LogP contribution in [0, 0.1) is 0 Å². The average Bonchev–Trinajstić information content (AvgIpc) is 3.33. The highest BCUT2D eigenvalue weighted by molar-refractivity contribution is 7.99. The summed E-state index contributed by atoms with van der Waals surface area (Å²) >= 11 is 1.34. The molecule has 4 aromatic rings. The number of benzene rings is 3. The van der Waals surface area contributed by atoms with Gasteiger partial charge in [-0.15, -0.1) is 10.2 Å². The highest BCUT2D eigenvalue weighted by Gasteiger charge is 2.19. The third-order valence-electron chi connectivity index (χ3n) is 5.83. The van der Waals surface area contributed by atoms with Crippen molar-refractivity contribution in [2.45, 2.75) is 45.2 Å². The van der Waals surface area contributed by atoms with E-state index in [0.29, 0.717) is 29.9 Å². The Bertz CT molecular complexity index is 1340. The van der Waals surface area contributed by atoms with Crippen molar-refractivity contribution in [2.75, 3.05) is 24.3 Å². The molecule has 0 saturated heterocycles. The van der Waals surface area contributed by atoms with Gasteiger partial charge in [0.25, 0.3) is 0 Å². The Labute approximate surface area is 228 Å². The van der Waals surface area contributed by atoms with Gasteiger partial charge >= 0.3 is 0 Å². The quantitative estimate of drug-likeness (QED) is 0.228. The Morgan fingerprint density at radius 3 is 1.97 bits per heavy atom. The van der Waals surface area contributed by atoms with E-state index in [1.807, 2.05) is 66.9 Å². The smallest absolute Gasteiger partial charge is 0.234 e. The van der Waals surface area contributed by atoms with Crippen LogP contribution >= 0.6 is 11.8 Å². The monoisotopic (exact) mass is 530 g/mol. The number of nitrogens with one attached hydrogen (secondary N) is 1. The molecule has 198 valence electrons. The molecule has 1 amide bonds. The Hall–Kier alpha value is -3.78. The summed E-state index contributed by atoms with van der Waals surface area (Å²) in [5.41, 5.74) is 3.85. The molecule has 0 saturated carbocycles. The fourth-order valence-corrected chi connectivity index (χ4v) is 4.64. The summed E-state index contributed by atoms with van der Waals surface area (Å²) in [4.78, 5) is 12.7. The van der Waals surface area contributed by atoms with Crippen molar-refractivity contribution >= 4 is 23.4 Å². The molecular formula is C30H34N4O3S. The minimum Gasteiger partial charge on any atom is -0.494 e. The van der Waals surface area contributed by atoms with Gasteiger partial charge in [-0.25, -0.2) is 0 Å². The number of aromatic nitrogens is 3. The Morgan fingerprint density at radius 1 is 0.842 bits per heavy atom. The summed E-state index contributed by atoms with van der Waals surface area (Å²) in [5.74, 6) is 2.34.